The number of pyridine rings is 1. The zero-order valence-electron chi connectivity index (χ0n) is 50.0. The molecule has 4 aliphatic rings. The Labute approximate surface area is 546 Å². The van der Waals surface area contributed by atoms with E-state index < -0.39 is 133 Å². The number of aliphatic hydroxyl groups is 2. The molecule has 8 aromatic rings. The third kappa shape index (κ3) is 12.4. The second-order valence-electron chi connectivity index (χ2n) is 22.4. The van der Waals surface area contributed by atoms with E-state index >= 15 is 9.59 Å². The average Bonchev–Trinajstić information content (AvgIpc) is 1.63. The highest BCUT2D eigenvalue weighted by Gasteiger charge is 2.50. The molecule has 12 bridgehead atoms. The first-order valence-corrected chi connectivity index (χ1v) is 32.8. The summed E-state index contributed by atoms with van der Waals surface area (Å²) in [5.74, 6) is -7.07. The van der Waals surface area contributed by atoms with E-state index in [0.717, 1.165) is 56.7 Å². The van der Waals surface area contributed by atoms with Crippen LogP contribution in [0, 0.1) is 0 Å². The van der Waals surface area contributed by atoms with Gasteiger partial charge < -0.3 is 80.8 Å². The Morgan fingerprint density at radius 3 is 2.22 bits per heavy atom. The summed E-state index contributed by atoms with van der Waals surface area (Å²) in [6.07, 6.45) is -7.46. The molecule has 12 rings (SSSR count). The predicted octanol–water partition coefficient (Wildman–Crippen LogP) is 4.26. The zero-order valence-corrected chi connectivity index (χ0v) is 54.1. The van der Waals surface area contributed by atoms with Crippen LogP contribution in [-0.4, -0.2) is 178 Å². The molecule has 0 spiro atoms. The summed E-state index contributed by atoms with van der Waals surface area (Å²) < 4.78 is 38.2. The molecule has 0 aliphatic carbocycles. The van der Waals surface area contributed by atoms with Gasteiger partial charge in [0.2, 0.25) is 5.91 Å². The number of hydrogen-bond acceptors (Lipinski definition) is 29. The molecule has 1 aromatic carbocycles. The number of aromatic hydroxyl groups is 1. The third-order valence-electron chi connectivity index (χ3n) is 15.8. The number of aromatic nitrogens is 7. The van der Waals surface area contributed by atoms with Crippen molar-refractivity contribution in [2.75, 3.05) is 27.8 Å². The van der Waals surface area contributed by atoms with E-state index in [1.54, 1.807) is 50.4 Å². The van der Waals surface area contributed by atoms with Crippen LogP contribution in [0.2, 0.25) is 0 Å². The zero-order chi connectivity index (χ0) is 66.1. The minimum absolute atomic E-state index is 0.00497. The molecule has 30 nitrogen and oxygen atoms in total. The molecule has 4 aliphatic heterocycles. The minimum atomic E-state index is -1.90. The number of cyclic esters (lactones) is 2. The van der Waals surface area contributed by atoms with Gasteiger partial charge >= 0.3 is 11.9 Å². The number of nitrogens with two attached hydrogens (primary N) is 1. The van der Waals surface area contributed by atoms with E-state index in [1.807, 2.05) is 0 Å². The normalized spacial score (nSPS) is 24.8. The van der Waals surface area contributed by atoms with Crippen LogP contribution in [-0.2, 0) is 51.2 Å². The maximum atomic E-state index is 15.1. The van der Waals surface area contributed by atoms with Crippen molar-refractivity contribution in [2.24, 2.45) is 5.73 Å². The molecule has 35 heteroatoms. The van der Waals surface area contributed by atoms with E-state index in [9.17, 15) is 44.5 Å². The lowest BCUT2D eigenvalue weighted by molar-refractivity contribution is -0.280. The van der Waals surface area contributed by atoms with Gasteiger partial charge in [0.1, 0.15) is 120 Å². The average molecular weight is 1370 g/mol. The van der Waals surface area contributed by atoms with Gasteiger partial charge in [0, 0.05) is 49.8 Å². The van der Waals surface area contributed by atoms with Gasteiger partial charge in [0.15, 0.2) is 18.1 Å². The third-order valence-corrected chi connectivity index (χ3v) is 20.2. The van der Waals surface area contributed by atoms with Crippen LogP contribution in [0.3, 0.4) is 0 Å². The summed E-state index contributed by atoms with van der Waals surface area (Å²) in [6.45, 7) is 4.33. The molecule has 5 amide bonds. The number of amides is 5. The Balaban J connectivity index is 1.05. The lowest BCUT2D eigenvalue weighted by atomic mass is 9.85. The highest BCUT2D eigenvalue weighted by Crippen LogP contribution is 2.43. The van der Waals surface area contributed by atoms with Crippen LogP contribution < -0.4 is 27.0 Å². The number of hydrogen-bond donors (Lipinski definition) is 9. The first-order chi connectivity index (χ1) is 44.4. The Bertz CT molecular complexity index is 4360. The van der Waals surface area contributed by atoms with Crippen molar-refractivity contribution in [1.82, 2.24) is 60.8 Å². The number of likely N-dealkylation sites (N-methyl/N-ethyl adjacent to an activating group) is 1. The van der Waals surface area contributed by atoms with Gasteiger partial charge in [0.25, 0.3) is 23.6 Å². The molecule has 93 heavy (non-hydrogen) atoms. The first-order valence-electron chi connectivity index (χ1n) is 28.4. The topological polar surface area (TPSA) is 415 Å². The van der Waals surface area contributed by atoms with E-state index in [4.69, 9.17) is 49.1 Å². The number of nitrogens with zero attached hydrogens (tertiary/aromatic N) is 8. The molecule has 0 saturated carbocycles. The molecule has 0 radical (unpaired) electrons. The molecule has 0 unspecified atom stereocenters. The van der Waals surface area contributed by atoms with E-state index in [0.29, 0.717) is 10.3 Å². The van der Waals surface area contributed by atoms with Gasteiger partial charge in [-0.25, -0.2) is 39.5 Å². The number of ether oxygens (including phenoxy) is 6. The number of nitrogens with one attached hydrogen (secondary N) is 4. The van der Waals surface area contributed by atoms with Crippen LogP contribution >= 0.6 is 56.7 Å². The largest absolute Gasteiger partial charge is 0.506 e. The quantitative estimate of drug-likeness (QED) is 0.0611. The van der Waals surface area contributed by atoms with Gasteiger partial charge in [-0.15, -0.1) is 56.7 Å². The van der Waals surface area contributed by atoms with Crippen LogP contribution in [0.15, 0.2) is 56.9 Å². The summed E-state index contributed by atoms with van der Waals surface area (Å²) in [4.78, 5) is 130. The Morgan fingerprint density at radius 1 is 0.839 bits per heavy atom. The van der Waals surface area contributed by atoms with Crippen LogP contribution in [0.1, 0.15) is 125 Å². The van der Waals surface area contributed by atoms with Crippen molar-refractivity contribution < 1.29 is 82.5 Å². The van der Waals surface area contributed by atoms with E-state index in [2.05, 4.69) is 36.2 Å². The van der Waals surface area contributed by atoms with Crippen LogP contribution in [0.5, 0.6) is 5.75 Å². The molecule has 1 fully saturated rings. The van der Waals surface area contributed by atoms with Crippen molar-refractivity contribution in [2.45, 2.75) is 108 Å². The molecule has 7 aromatic heterocycles. The summed E-state index contributed by atoms with van der Waals surface area (Å²) in [7, 11) is 4.86. The monoisotopic (exact) mass is 1370 g/mol. The number of rotatable bonds is 7. The minimum Gasteiger partial charge on any atom is -0.506 e. The van der Waals surface area contributed by atoms with Crippen LogP contribution in [0.4, 0.5) is 0 Å². The highest BCUT2D eigenvalue weighted by molar-refractivity contribution is 7.14. The smallest absolute Gasteiger partial charge is 0.358 e. The number of benzene rings is 1. The fourth-order valence-corrected chi connectivity index (χ4v) is 15.7. The van der Waals surface area contributed by atoms with E-state index in [1.165, 1.54) is 54.6 Å². The fraction of sp³-hybridized carbons (Fsp3) is 0.362. The number of carbonyl (C=O) groups excluding carboxylic acids is 7. The first kappa shape index (κ1) is 64.4. The van der Waals surface area contributed by atoms with E-state index in [-0.39, 0.29) is 105 Å². The lowest BCUT2D eigenvalue weighted by Crippen LogP contribution is -2.62. The molecular formula is C58H57N13O17S5. The van der Waals surface area contributed by atoms with Crippen molar-refractivity contribution in [3.05, 3.63) is 112 Å². The molecule has 10 N–H and O–H groups in total. The Hall–Kier alpha value is -8.75. The molecular weight excluding hydrogens is 1310 g/mol. The maximum absolute atomic E-state index is 15.1. The second-order valence-corrected chi connectivity index (χ2v) is 26.7. The maximum Gasteiger partial charge on any atom is 0.358 e. The van der Waals surface area contributed by atoms with Crippen molar-refractivity contribution in [1.29, 1.82) is 0 Å². The van der Waals surface area contributed by atoms with Crippen LogP contribution in [0.25, 0.3) is 49.3 Å². The molecule has 10 atom stereocenters. The SMILES string of the molecule is CO/C(C)=C1/NC(=O)[C@H]([C@@H](C)O)NC(=O)c2csc(n2)-c2cc(O)c(-c3nc(C(N)=O)cs3)nc2-c2csc(n2)[C@H]2COC(=O)c3c4c5c(cccc5n3O)COC(=O)[C@@H](O[C@@H]3C[C@@](C)(O)[C@@H](N(C)C)[C@H](C)O3)[C@@H](OC4)[C@@H](NC(=O)c3csc1n3)c1nc(cs1)C(=O)N2. The van der Waals surface area contributed by atoms with Crippen molar-refractivity contribution in [3.63, 3.8) is 0 Å². The lowest BCUT2D eigenvalue weighted by Gasteiger charge is -2.48. The van der Waals surface area contributed by atoms with Gasteiger partial charge in [0.05, 0.1) is 43.1 Å². The summed E-state index contributed by atoms with van der Waals surface area (Å²) in [5.41, 5.74) is 3.15. The fourth-order valence-electron chi connectivity index (χ4n) is 11.5. The number of carbonyl (C=O) groups is 7. The standard InChI is InChI=1S/C58H57N13O17S5/c1-21(72)37-50(78)68-38(22(2)83-7)53-64-32(20-92-53)49(77)69-41-43-44(88-35-12-58(4,81)45(70(5)6)23(3)87-35)57(80)85-13-24-9-8-10-33-36(24)26(14-84-43)42(71(33)82)56(79)86-15-27(60-47(75)30-19-93-55(41)65-30)52-61-28(16-90-52)39-25(51-63-31(18-89-51)48(76)67-37)11-34(73)40(66-39)54-62-29(17-91-54)46(59)74/h8-11,16-21,23,27,35,37,41,43-45,72-73,81-82H,12-15H2,1-7H3,(H2,59,74)(H,60,75)(H,67,76)(H,68,78)(H,69,77)/b38-22+/t21-,23+,27-,35-,37+,41-,43+,44+,45+,58-/m1/s1. The number of esters is 2. The Morgan fingerprint density at radius 2 is 1.51 bits per heavy atom. The van der Waals surface area contributed by atoms with Gasteiger partial charge in [-0.05, 0) is 59.5 Å². The predicted molar refractivity (Wildman–Crippen MR) is 333 cm³/mol. The number of thiazole rings is 5. The van der Waals surface area contributed by atoms with Gasteiger partial charge in [-0.2, -0.15) is 4.73 Å². The molecule has 1 saturated heterocycles. The number of primary amides is 1. The van der Waals surface area contributed by atoms with Gasteiger partial charge in [-0.3, -0.25) is 24.0 Å². The summed E-state index contributed by atoms with van der Waals surface area (Å²) in [5, 5.41) is 65.2. The second kappa shape index (κ2) is 25.6. The van der Waals surface area contributed by atoms with Crippen molar-refractivity contribution in [3.8, 4) is 38.4 Å². The molecule has 486 valence electrons. The summed E-state index contributed by atoms with van der Waals surface area (Å²) >= 11 is 4.62. The number of allylic oxidation sites excluding steroid dienone is 1. The van der Waals surface area contributed by atoms with Crippen molar-refractivity contribution >= 4 is 115 Å². The Kier molecular flexibility index (Phi) is 17.7. The highest BCUT2D eigenvalue weighted by atomic mass is 32.1. The number of methoxy groups -OCH3 is 1. The number of fused-ring (bicyclic) bond motifs is 15. The van der Waals surface area contributed by atoms with Gasteiger partial charge in [-0.1, -0.05) is 12.1 Å². The number of aliphatic hydroxyl groups excluding tert-OH is 1. The molecule has 11 heterocycles. The summed E-state index contributed by atoms with van der Waals surface area (Å²) in [6, 6.07) is 0.794.